The minimum atomic E-state index is -0.0503. The highest BCUT2D eigenvalue weighted by Gasteiger charge is 2.24. The van der Waals surface area contributed by atoms with Crippen LogP contribution in [0.25, 0.3) is 11.4 Å². The zero-order valence-corrected chi connectivity index (χ0v) is 19.0. The number of likely N-dealkylation sites (tertiary alicyclic amines) is 1. The quantitative estimate of drug-likeness (QED) is 0.400. The van der Waals surface area contributed by atoms with Crippen LogP contribution >= 0.6 is 35.0 Å². The summed E-state index contributed by atoms with van der Waals surface area (Å²) in [5.74, 6) is 6.70. The van der Waals surface area contributed by atoms with E-state index in [0.717, 1.165) is 26.1 Å². The third kappa shape index (κ3) is 5.51. The summed E-state index contributed by atoms with van der Waals surface area (Å²) in [4.78, 5) is 14.8. The third-order valence-corrected chi connectivity index (χ3v) is 6.55. The molecule has 2 heterocycles. The van der Waals surface area contributed by atoms with Gasteiger partial charge in [-0.25, -0.2) is 4.68 Å². The van der Waals surface area contributed by atoms with Crippen LogP contribution in [-0.2, 0) is 11.3 Å². The maximum atomic E-state index is 12.4. The van der Waals surface area contributed by atoms with Crippen molar-refractivity contribution in [3.05, 3.63) is 64.1 Å². The number of nitrogens with zero attached hydrogens (tertiary/aromatic N) is 4. The van der Waals surface area contributed by atoms with E-state index < -0.39 is 0 Å². The van der Waals surface area contributed by atoms with Crippen LogP contribution in [0.4, 0.5) is 0 Å². The van der Waals surface area contributed by atoms with E-state index >= 15 is 0 Å². The first-order valence-electron chi connectivity index (χ1n) is 9.84. The van der Waals surface area contributed by atoms with Gasteiger partial charge in [-0.05, 0) is 30.2 Å². The average molecular weight is 477 g/mol. The molecule has 1 fully saturated rings. The zero-order valence-electron chi connectivity index (χ0n) is 16.7. The van der Waals surface area contributed by atoms with Crippen LogP contribution in [0.3, 0.4) is 0 Å². The number of nitrogens with one attached hydrogen (secondary N) is 1. The molecule has 1 saturated heterocycles. The van der Waals surface area contributed by atoms with Gasteiger partial charge >= 0.3 is 0 Å². The first-order valence-corrected chi connectivity index (χ1v) is 11.6. The van der Waals surface area contributed by atoms with Gasteiger partial charge in [0.2, 0.25) is 11.1 Å². The lowest BCUT2D eigenvalue weighted by Crippen LogP contribution is -2.38. The van der Waals surface area contributed by atoms with Crippen molar-refractivity contribution in [3.8, 4) is 11.4 Å². The molecule has 1 atom stereocenters. The summed E-state index contributed by atoms with van der Waals surface area (Å²) < 4.78 is 1.34. The minimum absolute atomic E-state index is 0.0503. The summed E-state index contributed by atoms with van der Waals surface area (Å²) in [6.45, 7) is 2.71. The Morgan fingerprint density at radius 2 is 2.00 bits per heavy atom. The van der Waals surface area contributed by atoms with E-state index in [2.05, 4.69) is 32.5 Å². The second-order valence-corrected chi connectivity index (χ2v) is 9.15. The van der Waals surface area contributed by atoms with Crippen molar-refractivity contribution in [1.29, 1.82) is 0 Å². The maximum Gasteiger partial charge on any atom is 0.230 e. The van der Waals surface area contributed by atoms with Crippen LogP contribution in [0.5, 0.6) is 0 Å². The van der Waals surface area contributed by atoms with Gasteiger partial charge in [0.15, 0.2) is 5.82 Å². The number of carbonyl (C=O) groups is 1. The summed E-state index contributed by atoms with van der Waals surface area (Å²) in [5.41, 5.74) is 1.91. The summed E-state index contributed by atoms with van der Waals surface area (Å²) >= 11 is 13.4. The van der Waals surface area contributed by atoms with Crippen LogP contribution in [0.2, 0.25) is 10.0 Å². The van der Waals surface area contributed by atoms with Gasteiger partial charge in [-0.15, -0.1) is 10.2 Å². The van der Waals surface area contributed by atoms with Crippen LogP contribution in [-0.4, -0.2) is 50.6 Å². The highest BCUT2D eigenvalue weighted by Crippen LogP contribution is 2.30. The van der Waals surface area contributed by atoms with Crippen LogP contribution in [0.1, 0.15) is 12.0 Å². The molecule has 7 nitrogen and oxygen atoms in total. The van der Waals surface area contributed by atoms with E-state index in [0.29, 0.717) is 26.6 Å². The molecule has 0 bridgehead atoms. The number of benzene rings is 2. The van der Waals surface area contributed by atoms with Crippen molar-refractivity contribution in [2.45, 2.75) is 24.2 Å². The Labute approximate surface area is 194 Å². The lowest BCUT2D eigenvalue weighted by Gasteiger charge is -2.16. The molecule has 0 spiro atoms. The highest BCUT2D eigenvalue weighted by molar-refractivity contribution is 7.99. The number of aromatic nitrogens is 3. The van der Waals surface area contributed by atoms with E-state index in [4.69, 9.17) is 29.0 Å². The van der Waals surface area contributed by atoms with Crippen molar-refractivity contribution < 1.29 is 4.79 Å². The van der Waals surface area contributed by atoms with E-state index in [9.17, 15) is 4.79 Å². The van der Waals surface area contributed by atoms with Crippen LogP contribution < -0.4 is 11.2 Å². The molecule has 10 heteroatoms. The van der Waals surface area contributed by atoms with E-state index in [-0.39, 0.29) is 17.7 Å². The number of nitrogens with two attached hydrogens (primary N) is 1. The number of halogens is 2. The van der Waals surface area contributed by atoms with E-state index in [1.165, 1.54) is 22.0 Å². The SMILES string of the molecule is Nn1c(SCC(=O)NC2CCN(Cc3ccccc3)C2)nnc1-c1ccc(Cl)cc1Cl. The molecule has 4 rings (SSSR count). The topological polar surface area (TPSA) is 89.1 Å². The molecule has 1 aromatic heterocycles. The number of amides is 1. The van der Waals surface area contributed by atoms with Gasteiger partial charge in [0.05, 0.1) is 10.8 Å². The lowest BCUT2D eigenvalue weighted by molar-refractivity contribution is -0.119. The fourth-order valence-electron chi connectivity index (χ4n) is 3.57. The molecule has 3 aromatic rings. The highest BCUT2D eigenvalue weighted by atomic mass is 35.5. The summed E-state index contributed by atoms with van der Waals surface area (Å²) in [6.07, 6.45) is 0.940. The Morgan fingerprint density at radius 3 is 2.77 bits per heavy atom. The molecule has 1 aliphatic rings. The normalized spacial score (nSPS) is 16.5. The molecule has 0 aliphatic carbocycles. The number of hydrogen-bond donors (Lipinski definition) is 2. The van der Waals surface area contributed by atoms with Crippen molar-refractivity contribution in [1.82, 2.24) is 25.1 Å². The molecule has 31 heavy (non-hydrogen) atoms. The average Bonchev–Trinajstić information content (AvgIpc) is 3.33. The van der Waals surface area contributed by atoms with E-state index in [1.807, 2.05) is 18.2 Å². The molecule has 162 valence electrons. The van der Waals surface area contributed by atoms with Crippen LogP contribution in [0, 0.1) is 0 Å². The Balaban J connectivity index is 1.28. The molecule has 3 N–H and O–H groups in total. The van der Waals surface area contributed by atoms with Crippen LogP contribution in [0.15, 0.2) is 53.7 Å². The fourth-order valence-corrected chi connectivity index (χ4v) is 4.73. The molecular weight excluding hydrogens is 455 g/mol. The van der Waals surface area contributed by atoms with Crippen molar-refractivity contribution in [2.24, 2.45) is 0 Å². The fraction of sp³-hybridized carbons (Fsp3) is 0.286. The summed E-state index contributed by atoms with van der Waals surface area (Å²) in [7, 11) is 0. The molecule has 1 amide bonds. The molecule has 2 aromatic carbocycles. The number of hydrogen-bond acceptors (Lipinski definition) is 6. The number of carbonyl (C=O) groups excluding carboxylic acids is 1. The largest absolute Gasteiger partial charge is 0.351 e. The first-order chi connectivity index (χ1) is 15.0. The second kappa shape index (κ2) is 9.91. The predicted octanol–water partition coefficient (Wildman–Crippen LogP) is 3.45. The molecule has 1 unspecified atom stereocenters. The van der Waals surface area contributed by atoms with Gasteiger partial charge in [0.25, 0.3) is 0 Å². The van der Waals surface area contributed by atoms with Crippen molar-refractivity contribution in [2.75, 3.05) is 24.7 Å². The van der Waals surface area contributed by atoms with Gasteiger partial charge < -0.3 is 11.2 Å². The van der Waals surface area contributed by atoms with Gasteiger partial charge in [0, 0.05) is 36.3 Å². The molecular formula is C21H22Cl2N6OS. The summed E-state index contributed by atoms with van der Waals surface area (Å²) in [6, 6.07) is 15.6. The standard InChI is InChI=1S/C21H22Cl2N6OS/c22-15-6-7-17(18(23)10-15)20-26-27-21(29(20)24)31-13-19(30)25-16-8-9-28(12-16)11-14-4-2-1-3-5-14/h1-7,10,16H,8-9,11-13,24H2,(H,25,30). The summed E-state index contributed by atoms with van der Waals surface area (Å²) in [5, 5.41) is 12.7. The van der Waals surface area contributed by atoms with Gasteiger partial charge in [-0.2, -0.15) is 0 Å². The maximum absolute atomic E-state index is 12.4. The predicted molar refractivity (Wildman–Crippen MR) is 125 cm³/mol. The second-order valence-electron chi connectivity index (χ2n) is 7.36. The van der Waals surface area contributed by atoms with Gasteiger partial charge in [-0.1, -0.05) is 65.3 Å². The Kier molecular flexibility index (Phi) is 7.02. The first kappa shape index (κ1) is 22.0. The molecule has 1 aliphatic heterocycles. The zero-order chi connectivity index (χ0) is 21.8. The van der Waals surface area contributed by atoms with Gasteiger partial charge in [0.1, 0.15) is 0 Å². The van der Waals surface area contributed by atoms with E-state index in [1.54, 1.807) is 18.2 Å². The molecule has 0 radical (unpaired) electrons. The van der Waals surface area contributed by atoms with Gasteiger partial charge in [-0.3, -0.25) is 9.69 Å². The number of nitrogen functional groups attached to an aromatic ring is 1. The molecule has 0 saturated carbocycles. The van der Waals surface area contributed by atoms with Crippen molar-refractivity contribution in [3.63, 3.8) is 0 Å². The monoisotopic (exact) mass is 476 g/mol. The van der Waals surface area contributed by atoms with Crippen molar-refractivity contribution >= 4 is 40.9 Å². The third-order valence-electron chi connectivity index (χ3n) is 5.06. The smallest absolute Gasteiger partial charge is 0.230 e. The Hall–Kier alpha value is -2.26. The number of rotatable bonds is 7. The minimum Gasteiger partial charge on any atom is -0.351 e. The Bertz CT molecular complexity index is 1060. The Morgan fingerprint density at radius 1 is 1.19 bits per heavy atom. The lowest BCUT2D eigenvalue weighted by atomic mass is 10.2. The number of thioether (sulfide) groups is 1.